The maximum Gasteiger partial charge on any atom is 0.149 e. The van der Waals surface area contributed by atoms with Crippen LogP contribution in [0.25, 0.3) is 0 Å². The minimum atomic E-state index is -3.01. The van der Waals surface area contributed by atoms with Gasteiger partial charge in [-0.1, -0.05) is 18.5 Å². The summed E-state index contributed by atoms with van der Waals surface area (Å²) in [4.78, 5) is 0.934. The third-order valence-corrected chi connectivity index (χ3v) is 5.45. The highest BCUT2D eigenvalue weighted by atomic mass is 79.9. The van der Waals surface area contributed by atoms with Gasteiger partial charge in [-0.3, -0.25) is 0 Å². The second kappa shape index (κ2) is 5.82. The van der Waals surface area contributed by atoms with Crippen LogP contribution < -0.4 is 5.32 Å². The Morgan fingerprint density at radius 2 is 2.25 bits per heavy atom. The lowest BCUT2D eigenvalue weighted by atomic mass is 10.3. The van der Waals surface area contributed by atoms with E-state index in [4.69, 9.17) is 11.6 Å². The van der Waals surface area contributed by atoms with Crippen LogP contribution >= 0.6 is 38.9 Å². The Labute approximate surface area is 113 Å². The molecular formula is C9H13BrClNO2S2. The molecule has 0 radical (unpaired) electrons. The zero-order chi connectivity index (χ0) is 12.3. The molecule has 1 heterocycles. The van der Waals surface area contributed by atoms with E-state index in [1.54, 1.807) is 6.07 Å². The Balaban J connectivity index is 2.93. The zero-order valence-electron chi connectivity index (χ0n) is 8.96. The summed E-state index contributed by atoms with van der Waals surface area (Å²) in [6.45, 7) is 2.66. The van der Waals surface area contributed by atoms with Crippen molar-refractivity contribution in [2.75, 3.05) is 18.6 Å². The molecule has 0 saturated carbocycles. The Kier molecular flexibility index (Phi) is 5.25. The number of halogens is 2. The fourth-order valence-corrected chi connectivity index (χ4v) is 4.16. The van der Waals surface area contributed by atoms with Crippen LogP contribution in [0.4, 0.5) is 0 Å². The molecular weight excluding hydrogens is 334 g/mol. The second-order valence-corrected chi connectivity index (χ2v) is 8.47. The van der Waals surface area contributed by atoms with Crippen molar-refractivity contribution in [1.82, 2.24) is 5.32 Å². The van der Waals surface area contributed by atoms with Crippen molar-refractivity contribution in [1.29, 1.82) is 0 Å². The molecule has 0 saturated heterocycles. The maximum absolute atomic E-state index is 11.3. The third kappa shape index (κ3) is 4.33. The van der Waals surface area contributed by atoms with Gasteiger partial charge in [-0.05, 0) is 28.5 Å². The van der Waals surface area contributed by atoms with Gasteiger partial charge >= 0.3 is 0 Å². The summed E-state index contributed by atoms with van der Waals surface area (Å²) in [5, 5.41) is 3.77. The molecule has 1 aromatic rings. The smallest absolute Gasteiger partial charge is 0.149 e. The molecule has 3 nitrogen and oxygen atoms in total. The van der Waals surface area contributed by atoms with E-state index in [9.17, 15) is 8.42 Å². The Morgan fingerprint density at radius 3 is 2.62 bits per heavy atom. The van der Waals surface area contributed by atoms with Gasteiger partial charge in [0.2, 0.25) is 0 Å². The van der Waals surface area contributed by atoms with Crippen molar-refractivity contribution in [3.63, 3.8) is 0 Å². The predicted molar refractivity (Wildman–Crippen MR) is 73.2 cm³/mol. The normalized spacial score (nSPS) is 14.0. The van der Waals surface area contributed by atoms with Gasteiger partial charge < -0.3 is 5.32 Å². The van der Waals surface area contributed by atoms with Crippen molar-refractivity contribution in [3.05, 3.63) is 19.8 Å². The van der Waals surface area contributed by atoms with Crippen molar-refractivity contribution in [2.45, 2.75) is 13.0 Å². The molecule has 0 aliphatic rings. The molecule has 92 valence electrons. The van der Waals surface area contributed by atoms with Crippen LogP contribution in [-0.4, -0.2) is 27.0 Å². The first-order valence-electron chi connectivity index (χ1n) is 4.69. The summed E-state index contributed by atoms with van der Waals surface area (Å²) in [7, 11) is -3.01. The Morgan fingerprint density at radius 1 is 1.62 bits per heavy atom. The van der Waals surface area contributed by atoms with Crippen LogP contribution in [0.15, 0.2) is 9.85 Å². The number of hydrogen-bond acceptors (Lipinski definition) is 4. The average Bonchev–Trinajstić information content (AvgIpc) is 2.44. The molecule has 0 aromatic carbocycles. The van der Waals surface area contributed by atoms with Gasteiger partial charge in [0.25, 0.3) is 0 Å². The van der Waals surface area contributed by atoms with Crippen molar-refractivity contribution < 1.29 is 8.42 Å². The molecule has 7 heteroatoms. The minimum Gasteiger partial charge on any atom is -0.309 e. The first-order chi connectivity index (χ1) is 7.33. The van der Waals surface area contributed by atoms with E-state index in [1.807, 2.05) is 6.92 Å². The van der Waals surface area contributed by atoms with Crippen LogP contribution in [0.2, 0.25) is 5.02 Å². The predicted octanol–water partition coefficient (Wildman–Crippen LogP) is 2.86. The highest BCUT2D eigenvalue weighted by Gasteiger charge is 2.19. The first-order valence-corrected chi connectivity index (χ1v) is 8.74. The van der Waals surface area contributed by atoms with Gasteiger partial charge in [-0.15, -0.1) is 11.3 Å². The maximum atomic E-state index is 11.3. The number of nitrogens with one attached hydrogen (secondary N) is 1. The standard InChI is InChI=1S/C9H13BrClNO2S2/c1-3-12-7(5-16(2,13)14)8-4-6(11)9(10)15-8/h4,7,12H,3,5H2,1-2H3. The Bertz CT molecular complexity index is 439. The number of rotatable bonds is 5. The van der Waals surface area contributed by atoms with Crippen LogP contribution in [0.5, 0.6) is 0 Å². The monoisotopic (exact) mass is 345 g/mol. The fraction of sp³-hybridized carbons (Fsp3) is 0.556. The van der Waals surface area contributed by atoms with Gasteiger partial charge in [0, 0.05) is 11.1 Å². The largest absolute Gasteiger partial charge is 0.309 e. The molecule has 1 N–H and O–H groups in total. The van der Waals surface area contributed by atoms with Gasteiger partial charge in [0.15, 0.2) is 0 Å². The lowest BCUT2D eigenvalue weighted by molar-refractivity contribution is 0.567. The minimum absolute atomic E-state index is 0.0874. The van der Waals surface area contributed by atoms with E-state index < -0.39 is 9.84 Å². The molecule has 0 bridgehead atoms. The molecule has 0 fully saturated rings. The molecule has 0 spiro atoms. The van der Waals surface area contributed by atoms with Crippen LogP contribution in [-0.2, 0) is 9.84 Å². The number of sulfone groups is 1. The van der Waals surface area contributed by atoms with Crippen LogP contribution in [0.3, 0.4) is 0 Å². The summed E-state index contributed by atoms with van der Waals surface area (Å²) in [5.41, 5.74) is 0. The molecule has 1 unspecified atom stereocenters. The average molecular weight is 347 g/mol. The van der Waals surface area contributed by atoms with E-state index in [2.05, 4.69) is 21.2 Å². The van der Waals surface area contributed by atoms with Gasteiger partial charge in [-0.2, -0.15) is 0 Å². The first kappa shape index (κ1) is 14.4. The van der Waals surface area contributed by atoms with Crippen molar-refractivity contribution in [2.24, 2.45) is 0 Å². The van der Waals surface area contributed by atoms with Gasteiger partial charge in [0.1, 0.15) is 9.84 Å². The van der Waals surface area contributed by atoms with E-state index in [-0.39, 0.29) is 11.8 Å². The van der Waals surface area contributed by atoms with Crippen LogP contribution in [0.1, 0.15) is 17.8 Å². The molecule has 0 amide bonds. The Hall–Kier alpha value is 0.380. The van der Waals surface area contributed by atoms with Gasteiger partial charge in [-0.25, -0.2) is 8.42 Å². The number of hydrogen-bond donors (Lipinski definition) is 1. The highest BCUT2D eigenvalue weighted by molar-refractivity contribution is 9.11. The summed E-state index contributed by atoms with van der Waals surface area (Å²) >= 11 is 10.7. The lowest BCUT2D eigenvalue weighted by Gasteiger charge is -2.14. The summed E-state index contributed by atoms with van der Waals surface area (Å²) in [6.07, 6.45) is 1.24. The SMILES string of the molecule is CCNC(CS(C)(=O)=O)c1cc(Cl)c(Br)s1. The molecule has 0 aliphatic carbocycles. The quantitative estimate of drug-likeness (QED) is 0.891. The van der Waals surface area contributed by atoms with E-state index in [0.29, 0.717) is 11.6 Å². The van der Waals surface area contributed by atoms with Gasteiger partial charge in [0.05, 0.1) is 20.6 Å². The number of thiophene rings is 1. The lowest BCUT2D eigenvalue weighted by Crippen LogP contribution is -2.26. The third-order valence-electron chi connectivity index (χ3n) is 1.93. The zero-order valence-corrected chi connectivity index (χ0v) is 12.9. The topological polar surface area (TPSA) is 46.2 Å². The summed E-state index contributed by atoms with van der Waals surface area (Å²) in [6, 6.07) is 1.61. The van der Waals surface area contributed by atoms with E-state index in [1.165, 1.54) is 17.6 Å². The molecule has 1 rings (SSSR count). The van der Waals surface area contributed by atoms with Crippen molar-refractivity contribution in [3.8, 4) is 0 Å². The molecule has 1 aromatic heterocycles. The summed E-state index contributed by atoms with van der Waals surface area (Å²) in [5.74, 6) is 0.0874. The fourth-order valence-electron chi connectivity index (χ4n) is 1.33. The molecule has 1 atom stereocenters. The summed E-state index contributed by atoms with van der Waals surface area (Å²) < 4.78 is 23.4. The van der Waals surface area contributed by atoms with E-state index >= 15 is 0 Å². The van der Waals surface area contributed by atoms with Crippen molar-refractivity contribution >= 4 is 48.7 Å². The molecule has 16 heavy (non-hydrogen) atoms. The molecule has 0 aliphatic heterocycles. The van der Waals surface area contributed by atoms with E-state index in [0.717, 1.165) is 8.66 Å². The highest BCUT2D eigenvalue weighted by Crippen LogP contribution is 2.35. The second-order valence-electron chi connectivity index (χ2n) is 3.47. The van der Waals surface area contributed by atoms with Crippen LogP contribution in [0, 0.1) is 0 Å².